The first-order valence-electron chi connectivity index (χ1n) is 9.86. The third-order valence-corrected chi connectivity index (χ3v) is 5.11. The lowest BCUT2D eigenvalue weighted by Crippen LogP contribution is -2.28. The van der Waals surface area contributed by atoms with Crippen LogP contribution in [-0.2, 0) is 6.42 Å². The van der Waals surface area contributed by atoms with Crippen molar-refractivity contribution in [3.05, 3.63) is 46.5 Å². The summed E-state index contributed by atoms with van der Waals surface area (Å²) in [5.74, 6) is -0.600. The highest BCUT2D eigenvalue weighted by Crippen LogP contribution is 2.54. The first-order chi connectivity index (χ1) is 14.6. The fraction of sp³-hybridized carbons (Fsp3) is 0.292. The molecule has 0 aliphatic carbocycles. The van der Waals surface area contributed by atoms with Crippen LogP contribution in [0.25, 0.3) is 6.08 Å². The normalized spacial score (nSPS) is 15.3. The molecule has 0 spiro atoms. The van der Waals surface area contributed by atoms with Gasteiger partial charge in [0.2, 0.25) is 11.5 Å². The molecule has 7 heteroatoms. The topological polar surface area (TPSA) is 94.5 Å². The number of allylic oxidation sites excluding steroid dienone is 2. The van der Waals surface area contributed by atoms with Crippen molar-refractivity contribution in [1.29, 1.82) is 0 Å². The fourth-order valence-corrected chi connectivity index (χ4v) is 3.57. The molecular weight excluding hydrogens is 400 g/mol. The van der Waals surface area contributed by atoms with Crippen LogP contribution in [0.2, 0.25) is 0 Å². The summed E-state index contributed by atoms with van der Waals surface area (Å²) in [4.78, 5) is 13.0. The zero-order valence-corrected chi connectivity index (χ0v) is 18.0. The monoisotopic (exact) mass is 424 g/mol. The second-order valence-corrected chi connectivity index (χ2v) is 8.24. The minimum Gasteiger partial charge on any atom is -0.506 e. The lowest BCUT2D eigenvalue weighted by molar-refractivity contribution is 0.0734. The largest absolute Gasteiger partial charge is 0.506 e. The third kappa shape index (κ3) is 3.46. The van der Waals surface area contributed by atoms with E-state index in [1.165, 1.54) is 19.2 Å². The number of carbonyl (C=O) groups is 1. The lowest BCUT2D eigenvalue weighted by atomic mass is 9.93. The molecule has 2 aliphatic heterocycles. The number of fused-ring (bicyclic) bond motifs is 4. The molecule has 0 atom stereocenters. The molecule has 31 heavy (non-hydrogen) atoms. The number of hydrogen-bond donors (Lipinski definition) is 2. The molecule has 0 fully saturated rings. The van der Waals surface area contributed by atoms with Crippen molar-refractivity contribution in [2.24, 2.45) is 0 Å². The van der Waals surface area contributed by atoms with E-state index in [1.54, 1.807) is 6.08 Å². The summed E-state index contributed by atoms with van der Waals surface area (Å²) >= 11 is 0. The molecule has 2 aliphatic rings. The van der Waals surface area contributed by atoms with Gasteiger partial charge in [-0.1, -0.05) is 11.6 Å². The number of aromatic hydroxyl groups is 2. The minimum atomic E-state index is -0.779. The van der Waals surface area contributed by atoms with E-state index < -0.39 is 11.6 Å². The van der Waals surface area contributed by atoms with Crippen molar-refractivity contribution in [3.63, 3.8) is 0 Å². The Balaban J connectivity index is 2.02. The number of carbonyl (C=O) groups excluding carboxylic acids is 1. The van der Waals surface area contributed by atoms with Crippen LogP contribution in [0.5, 0.6) is 40.2 Å². The first kappa shape index (κ1) is 20.7. The molecule has 0 amide bonds. The number of esters is 1. The van der Waals surface area contributed by atoms with Gasteiger partial charge in [-0.25, -0.2) is 4.79 Å². The van der Waals surface area contributed by atoms with Gasteiger partial charge in [-0.15, -0.1) is 0 Å². The number of ether oxygens (including phenoxy) is 4. The van der Waals surface area contributed by atoms with E-state index >= 15 is 0 Å². The molecule has 0 bridgehead atoms. The molecule has 162 valence electrons. The maximum atomic E-state index is 13.0. The molecule has 2 heterocycles. The zero-order valence-electron chi connectivity index (χ0n) is 18.0. The van der Waals surface area contributed by atoms with Gasteiger partial charge >= 0.3 is 5.97 Å². The van der Waals surface area contributed by atoms with E-state index in [-0.39, 0.29) is 40.1 Å². The molecule has 4 rings (SSSR count). The van der Waals surface area contributed by atoms with Crippen LogP contribution in [-0.4, -0.2) is 28.9 Å². The van der Waals surface area contributed by atoms with Gasteiger partial charge in [0.15, 0.2) is 17.2 Å². The highest BCUT2D eigenvalue weighted by Gasteiger charge is 2.37. The van der Waals surface area contributed by atoms with Crippen LogP contribution in [0.15, 0.2) is 29.9 Å². The molecule has 0 unspecified atom stereocenters. The van der Waals surface area contributed by atoms with Gasteiger partial charge in [0, 0.05) is 5.56 Å². The van der Waals surface area contributed by atoms with E-state index in [0.717, 1.165) is 5.57 Å². The Morgan fingerprint density at radius 2 is 1.87 bits per heavy atom. The zero-order chi connectivity index (χ0) is 22.5. The van der Waals surface area contributed by atoms with Gasteiger partial charge in [-0.3, -0.25) is 0 Å². The highest BCUT2D eigenvalue weighted by atomic mass is 16.6. The molecule has 0 saturated carbocycles. The van der Waals surface area contributed by atoms with Crippen LogP contribution >= 0.6 is 0 Å². The summed E-state index contributed by atoms with van der Waals surface area (Å²) in [6.45, 7) is 7.69. The Kier molecular flexibility index (Phi) is 4.84. The molecule has 0 aromatic heterocycles. The first-order valence-corrected chi connectivity index (χ1v) is 9.86. The summed E-state index contributed by atoms with van der Waals surface area (Å²) in [6, 6.07) is 2.74. The van der Waals surface area contributed by atoms with Crippen molar-refractivity contribution in [1.82, 2.24) is 0 Å². The van der Waals surface area contributed by atoms with Gasteiger partial charge in [-0.2, -0.15) is 0 Å². The Labute approximate surface area is 180 Å². The Morgan fingerprint density at radius 3 is 2.55 bits per heavy atom. The van der Waals surface area contributed by atoms with Crippen LogP contribution in [0.4, 0.5) is 0 Å². The van der Waals surface area contributed by atoms with Gasteiger partial charge in [0.25, 0.3) is 0 Å². The third-order valence-electron chi connectivity index (χ3n) is 5.11. The van der Waals surface area contributed by atoms with Crippen molar-refractivity contribution in [3.8, 4) is 40.2 Å². The Bertz CT molecular complexity index is 1150. The fourth-order valence-electron chi connectivity index (χ4n) is 3.57. The summed E-state index contributed by atoms with van der Waals surface area (Å²) in [7, 11) is 1.37. The van der Waals surface area contributed by atoms with E-state index in [2.05, 4.69) is 0 Å². The maximum Gasteiger partial charge on any atom is 0.351 e. The number of methoxy groups -OCH3 is 1. The van der Waals surface area contributed by atoms with Crippen LogP contribution < -0.4 is 18.9 Å². The second kappa shape index (κ2) is 7.27. The molecular formula is C24H24O7. The number of benzene rings is 2. The Morgan fingerprint density at radius 1 is 1.13 bits per heavy atom. The van der Waals surface area contributed by atoms with Crippen molar-refractivity contribution < 1.29 is 34.0 Å². The van der Waals surface area contributed by atoms with Gasteiger partial charge in [-0.05, 0) is 58.4 Å². The maximum absolute atomic E-state index is 13.0. The molecule has 2 aromatic rings. The summed E-state index contributed by atoms with van der Waals surface area (Å²) in [5, 5.41) is 21.3. The number of hydrogen-bond acceptors (Lipinski definition) is 7. The van der Waals surface area contributed by atoms with Gasteiger partial charge < -0.3 is 29.2 Å². The number of phenolic OH excluding ortho intramolecular Hbond substituents is 2. The lowest BCUT2D eigenvalue weighted by Gasteiger charge is -2.31. The molecule has 2 aromatic carbocycles. The molecule has 0 saturated heterocycles. The quantitative estimate of drug-likeness (QED) is 0.401. The van der Waals surface area contributed by atoms with E-state index in [4.69, 9.17) is 18.9 Å². The Hall–Kier alpha value is -3.61. The van der Waals surface area contributed by atoms with Crippen LogP contribution in [0.3, 0.4) is 0 Å². The van der Waals surface area contributed by atoms with Crippen molar-refractivity contribution in [2.45, 2.75) is 39.7 Å². The SMILES string of the molecule is COc1c(O)ccc2c1Oc1c3c(c(CC=C(C)C)c(O)c1C(=O)O2)OC(C)(C)C=C3. The predicted octanol–water partition coefficient (Wildman–Crippen LogP) is 5.12. The average Bonchev–Trinajstić information content (AvgIpc) is 2.83. The van der Waals surface area contributed by atoms with E-state index in [1.807, 2.05) is 39.8 Å². The predicted molar refractivity (Wildman–Crippen MR) is 115 cm³/mol. The average molecular weight is 424 g/mol. The summed E-state index contributed by atoms with van der Waals surface area (Å²) < 4.78 is 23.0. The summed E-state index contributed by atoms with van der Waals surface area (Å²) in [6.07, 6.45) is 5.95. The standard InChI is InChI=1S/C24H24O7/c1-12(2)6-7-13-18(26)17-20(14-10-11-24(3,4)31-19(13)14)30-22-16(29-23(17)27)9-8-15(25)21(22)28-5/h6,8-11,25-26H,7H2,1-5H3. The van der Waals surface area contributed by atoms with E-state index in [0.29, 0.717) is 23.3 Å². The number of phenols is 2. The molecule has 0 radical (unpaired) electrons. The molecule has 2 N–H and O–H groups in total. The number of rotatable bonds is 3. The molecule has 7 nitrogen and oxygen atoms in total. The van der Waals surface area contributed by atoms with Crippen molar-refractivity contribution >= 4 is 12.0 Å². The van der Waals surface area contributed by atoms with Crippen LogP contribution in [0, 0.1) is 0 Å². The van der Waals surface area contributed by atoms with Gasteiger partial charge in [0.1, 0.15) is 22.7 Å². The summed E-state index contributed by atoms with van der Waals surface area (Å²) in [5.41, 5.74) is 1.29. The second-order valence-electron chi connectivity index (χ2n) is 8.24. The van der Waals surface area contributed by atoms with Gasteiger partial charge in [0.05, 0.1) is 12.7 Å². The van der Waals surface area contributed by atoms with Crippen LogP contribution in [0.1, 0.15) is 49.2 Å². The highest BCUT2D eigenvalue weighted by molar-refractivity contribution is 6.01. The smallest absolute Gasteiger partial charge is 0.351 e. The van der Waals surface area contributed by atoms with Crippen molar-refractivity contribution in [2.75, 3.05) is 7.11 Å². The van der Waals surface area contributed by atoms with E-state index in [9.17, 15) is 15.0 Å². The minimum absolute atomic E-state index is 0.0149.